The first-order valence-electron chi connectivity index (χ1n) is 6.91. The van der Waals surface area contributed by atoms with Crippen LogP contribution in [-0.4, -0.2) is 20.3 Å². The fraction of sp³-hybridized carbons (Fsp3) is 0.625. The van der Waals surface area contributed by atoms with Crippen molar-refractivity contribution in [1.82, 2.24) is 5.32 Å². The SMILES string of the molecule is COCCC1(CNCc2ccc(C)cc2C)CC1. The average Bonchev–Trinajstić information content (AvgIpc) is 3.10. The summed E-state index contributed by atoms with van der Waals surface area (Å²) in [6, 6.07) is 6.70. The quantitative estimate of drug-likeness (QED) is 0.799. The predicted molar refractivity (Wildman–Crippen MR) is 75.8 cm³/mol. The molecular formula is C16H25NO. The topological polar surface area (TPSA) is 21.3 Å². The van der Waals surface area contributed by atoms with Gasteiger partial charge in [0.25, 0.3) is 0 Å². The molecular weight excluding hydrogens is 222 g/mol. The largest absolute Gasteiger partial charge is 0.385 e. The van der Waals surface area contributed by atoms with Gasteiger partial charge >= 0.3 is 0 Å². The van der Waals surface area contributed by atoms with Crippen molar-refractivity contribution in [2.24, 2.45) is 5.41 Å². The van der Waals surface area contributed by atoms with E-state index in [1.54, 1.807) is 7.11 Å². The fourth-order valence-electron chi connectivity index (χ4n) is 2.52. The van der Waals surface area contributed by atoms with Gasteiger partial charge in [-0.1, -0.05) is 23.8 Å². The number of aryl methyl sites for hydroxylation is 2. The van der Waals surface area contributed by atoms with Crippen LogP contribution in [0.15, 0.2) is 18.2 Å². The zero-order chi connectivity index (χ0) is 13.0. The van der Waals surface area contributed by atoms with Crippen LogP contribution < -0.4 is 5.32 Å². The molecule has 18 heavy (non-hydrogen) atoms. The predicted octanol–water partition coefficient (Wildman–Crippen LogP) is 3.21. The molecule has 0 atom stereocenters. The van der Waals surface area contributed by atoms with E-state index in [0.29, 0.717) is 5.41 Å². The summed E-state index contributed by atoms with van der Waals surface area (Å²) in [6.07, 6.45) is 3.91. The molecule has 0 aromatic heterocycles. The van der Waals surface area contributed by atoms with Gasteiger partial charge in [-0.25, -0.2) is 0 Å². The Morgan fingerprint density at radius 2 is 2.06 bits per heavy atom. The van der Waals surface area contributed by atoms with Gasteiger partial charge in [-0.15, -0.1) is 0 Å². The lowest BCUT2D eigenvalue weighted by atomic mass is 10.0. The summed E-state index contributed by atoms with van der Waals surface area (Å²) >= 11 is 0. The molecule has 2 heteroatoms. The molecule has 100 valence electrons. The van der Waals surface area contributed by atoms with E-state index in [1.165, 1.54) is 36.0 Å². The van der Waals surface area contributed by atoms with Gasteiger partial charge in [0.1, 0.15) is 0 Å². The number of hydrogen-bond acceptors (Lipinski definition) is 2. The second-order valence-corrected chi connectivity index (χ2v) is 5.78. The summed E-state index contributed by atoms with van der Waals surface area (Å²) in [4.78, 5) is 0. The number of benzene rings is 1. The monoisotopic (exact) mass is 247 g/mol. The van der Waals surface area contributed by atoms with E-state index in [-0.39, 0.29) is 0 Å². The minimum atomic E-state index is 0.536. The Labute approximate surface area is 111 Å². The third-order valence-corrected chi connectivity index (χ3v) is 4.11. The Morgan fingerprint density at radius 1 is 1.28 bits per heavy atom. The van der Waals surface area contributed by atoms with E-state index in [4.69, 9.17) is 4.74 Å². The van der Waals surface area contributed by atoms with Gasteiger partial charge < -0.3 is 10.1 Å². The molecule has 0 spiro atoms. The highest BCUT2D eigenvalue weighted by Gasteiger charge is 2.41. The molecule has 1 fully saturated rings. The van der Waals surface area contributed by atoms with Crippen LogP contribution in [0.4, 0.5) is 0 Å². The lowest BCUT2D eigenvalue weighted by molar-refractivity contribution is 0.171. The number of hydrogen-bond donors (Lipinski definition) is 1. The van der Waals surface area contributed by atoms with Crippen LogP contribution in [0.3, 0.4) is 0 Å². The Morgan fingerprint density at radius 3 is 2.67 bits per heavy atom. The van der Waals surface area contributed by atoms with Crippen molar-refractivity contribution in [3.8, 4) is 0 Å². The van der Waals surface area contributed by atoms with E-state index in [2.05, 4.69) is 37.4 Å². The van der Waals surface area contributed by atoms with Gasteiger partial charge in [-0.3, -0.25) is 0 Å². The van der Waals surface area contributed by atoms with Crippen molar-refractivity contribution in [2.75, 3.05) is 20.3 Å². The van der Waals surface area contributed by atoms with Crippen molar-refractivity contribution >= 4 is 0 Å². The Bertz CT molecular complexity index is 396. The smallest absolute Gasteiger partial charge is 0.0468 e. The van der Waals surface area contributed by atoms with Crippen LogP contribution in [0.2, 0.25) is 0 Å². The number of rotatable bonds is 7. The van der Waals surface area contributed by atoms with Crippen molar-refractivity contribution in [1.29, 1.82) is 0 Å². The first kappa shape index (κ1) is 13.6. The molecule has 2 nitrogen and oxygen atoms in total. The molecule has 1 aromatic carbocycles. The minimum absolute atomic E-state index is 0.536. The molecule has 0 radical (unpaired) electrons. The van der Waals surface area contributed by atoms with Crippen LogP contribution >= 0.6 is 0 Å². The Hall–Kier alpha value is -0.860. The summed E-state index contributed by atoms with van der Waals surface area (Å²) < 4.78 is 5.19. The van der Waals surface area contributed by atoms with Gasteiger partial charge in [0.05, 0.1) is 0 Å². The molecule has 0 saturated heterocycles. The molecule has 1 saturated carbocycles. The molecule has 0 unspecified atom stereocenters. The maximum Gasteiger partial charge on any atom is 0.0468 e. The molecule has 1 aliphatic rings. The number of nitrogens with one attached hydrogen (secondary N) is 1. The average molecular weight is 247 g/mol. The summed E-state index contributed by atoms with van der Waals surface area (Å²) in [5.74, 6) is 0. The Kier molecular flexibility index (Phi) is 4.41. The summed E-state index contributed by atoms with van der Waals surface area (Å²) in [5, 5.41) is 3.62. The van der Waals surface area contributed by atoms with E-state index < -0.39 is 0 Å². The number of ether oxygens (including phenoxy) is 1. The van der Waals surface area contributed by atoms with Crippen LogP contribution in [0, 0.1) is 19.3 Å². The van der Waals surface area contributed by atoms with Crippen molar-refractivity contribution < 1.29 is 4.74 Å². The molecule has 2 rings (SSSR count). The maximum absolute atomic E-state index is 5.19. The highest BCUT2D eigenvalue weighted by molar-refractivity contribution is 5.30. The standard InChI is InChI=1S/C16H25NO/c1-13-4-5-15(14(2)10-13)11-17-12-16(6-7-16)8-9-18-3/h4-5,10,17H,6-9,11-12H2,1-3H3. The van der Waals surface area contributed by atoms with Crippen LogP contribution in [-0.2, 0) is 11.3 Å². The molecule has 0 bridgehead atoms. The molecule has 0 heterocycles. The molecule has 0 amide bonds. The minimum Gasteiger partial charge on any atom is -0.385 e. The first-order valence-corrected chi connectivity index (χ1v) is 6.91. The van der Waals surface area contributed by atoms with Crippen molar-refractivity contribution in [2.45, 2.75) is 39.7 Å². The van der Waals surface area contributed by atoms with Crippen LogP contribution in [0.1, 0.15) is 36.0 Å². The molecule has 1 aromatic rings. The fourth-order valence-corrected chi connectivity index (χ4v) is 2.52. The molecule has 1 aliphatic carbocycles. The maximum atomic E-state index is 5.19. The summed E-state index contributed by atoms with van der Waals surface area (Å²) in [6.45, 7) is 7.35. The van der Waals surface area contributed by atoms with E-state index in [9.17, 15) is 0 Å². The number of methoxy groups -OCH3 is 1. The lowest BCUT2D eigenvalue weighted by Gasteiger charge is -2.16. The highest BCUT2D eigenvalue weighted by atomic mass is 16.5. The van der Waals surface area contributed by atoms with Crippen molar-refractivity contribution in [3.63, 3.8) is 0 Å². The third kappa shape index (κ3) is 3.56. The first-order chi connectivity index (χ1) is 8.65. The summed E-state index contributed by atoms with van der Waals surface area (Å²) in [7, 11) is 1.79. The van der Waals surface area contributed by atoms with E-state index in [1.807, 2.05) is 0 Å². The summed E-state index contributed by atoms with van der Waals surface area (Å²) in [5.41, 5.74) is 4.69. The van der Waals surface area contributed by atoms with Crippen LogP contribution in [0.25, 0.3) is 0 Å². The third-order valence-electron chi connectivity index (χ3n) is 4.11. The van der Waals surface area contributed by atoms with Crippen molar-refractivity contribution in [3.05, 3.63) is 34.9 Å². The second-order valence-electron chi connectivity index (χ2n) is 5.78. The van der Waals surface area contributed by atoms with Gasteiger partial charge in [0.2, 0.25) is 0 Å². The van der Waals surface area contributed by atoms with Gasteiger partial charge in [-0.05, 0) is 49.7 Å². The lowest BCUT2D eigenvalue weighted by Crippen LogP contribution is -2.25. The molecule has 0 aliphatic heterocycles. The Balaban J connectivity index is 1.78. The highest BCUT2D eigenvalue weighted by Crippen LogP contribution is 2.48. The normalized spacial score (nSPS) is 16.8. The molecule has 1 N–H and O–H groups in total. The van der Waals surface area contributed by atoms with Crippen LogP contribution in [0.5, 0.6) is 0 Å². The van der Waals surface area contributed by atoms with Gasteiger partial charge in [0.15, 0.2) is 0 Å². The van der Waals surface area contributed by atoms with E-state index in [0.717, 1.165) is 19.7 Å². The zero-order valence-corrected chi connectivity index (χ0v) is 11.9. The van der Waals surface area contributed by atoms with Gasteiger partial charge in [-0.2, -0.15) is 0 Å². The second kappa shape index (κ2) is 5.85. The van der Waals surface area contributed by atoms with Gasteiger partial charge in [0, 0.05) is 26.8 Å². The van der Waals surface area contributed by atoms with E-state index >= 15 is 0 Å². The zero-order valence-electron chi connectivity index (χ0n) is 11.9.